The number of hydrogen-bond donors (Lipinski definition) is 0. The summed E-state index contributed by atoms with van der Waals surface area (Å²) < 4.78 is 7.01. The lowest BCUT2D eigenvalue weighted by molar-refractivity contribution is -0.0933. The van der Waals surface area contributed by atoms with Crippen molar-refractivity contribution in [2.24, 2.45) is 0 Å². The summed E-state index contributed by atoms with van der Waals surface area (Å²) in [6, 6.07) is 0. The van der Waals surface area contributed by atoms with E-state index in [4.69, 9.17) is 16.5 Å². The number of nitrogens with zero attached hydrogens (tertiary/aromatic N) is 1. The standard InChI is InChI=1S/C6H12ClNO/c1-3-6(9-2)4-8(7)5-6/h3-5H2,1-2H3. The summed E-state index contributed by atoms with van der Waals surface area (Å²) >= 11 is 5.64. The molecule has 1 rings (SSSR count). The molecule has 1 fully saturated rings. The Morgan fingerprint density at radius 3 is 2.33 bits per heavy atom. The van der Waals surface area contributed by atoms with Crippen LogP contribution in [0.5, 0.6) is 0 Å². The van der Waals surface area contributed by atoms with Crippen LogP contribution in [0.1, 0.15) is 13.3 Å². The van der Waals surface area contributed by atoms with E-state index in [-0.39, 0.29) is 5.60 Å². The Morgan fingerprint density at radius 2 is 2.22 bits per heavy atom. The molecule has 0 atom stereocenters. The molecular formula is C6H12ClNO. The van der Waals surface area contributed by atoms with E-state index < -0.39 is 0 Å². The molecule has 0 aliphatic carbocycles. The van der Waals surface area contributed by atoms with E-state index in [2.05, 4.69) is 6.92 Å². The van der Waals surface area contributed by atoms with Gasteiger partial charge in [0.25, 0.3) is 0 Å². The first-order valence-corrected chi connectivity index (χ1v) is 3.52. The minimum atomic E-state index is 0.0712. The van der Waals surface area contributed by atoms with Gasteiger partial charge in [-0.1, -0.05) is 6.92 Å². The maximum atomic E-state index is 5.64. The summed E-state index contributed by atoms with van der Waals surface area (Å²) in [7, 11) is 1.74. The van der Waals surface area contributed by atoms with E-state index in [1.54, 1.807) is 11.5 Å². The summed E-state index contributed by atoms with van der Waals surface area (Å²) in [5, 5.41) is 0. The van der Waals surface area contributed by atoms with Crippen molar-refractivity contribution in [3.8, 4) is 0 Å². The van der Waals surface area contributed by atoms with Crippen molar-refractivity contribution in [3.63, 3.8) is 0 Å². The van der Waals surface area contributed by atoms with Crippen molar-refractivity contribution in [3.05, 3.63) is 0 Å². The highest BCUT2D eigenvalue weighted by molar-refractivity contribution is 6.14. The van der Waals surface area contributed by atoms with Crippen LogP contribution in [0.15, 0.2) is 0 Å². The van der Waals surface area contributed by atoms with E-state index in [1.807, 2.05) is 0 Å². The summed E-state index contributed by atoms with van der Waals surface area (Å²) in [5.74, 6) is 0. The Kier molecular flexibility index (Phi) is 1.99. The molecule has 0 aromatic rings. The lowest BCUT2D eigenvalue weighted by Crippen LogP contribution is -2.58. The number of ether oxygens (including phenoxy) is 1. The monoisotopic (exact) mass is 149 g/mol. The minimum Gasteiger partial charge on any atom is -0.375 e. The first-order chi connectivity index (χ1) is 4.22. The van der Waals surface area contributed by atoms with Crippen molar-refractivity contribution in [1.82, 2.24) is 4.42 Å². The number of rotatable bonds is 2. The van der Waals surface area contributed by atoms with Crippen LogP contribution in [0.25, 0.3) is 0 Å². The molecule has 1 aliphatic rings. The van der Waals surface area contributed by atoms with Gasteiger partial charge >= 0.3 is 0 Å². The van der Waals surface area contributed by atoms with Gasteiger partial charge in [0.15, 0.2) is 0 Å². The van der Waals surface area contributed by atoms with Crippen molar-refractivity contribution in [2.75, 3.05) is 20.2 Å². The summed E-state index contributed by atoms with van der Waals surface area (Å²) in [4.78, 5) is 0. The number of methoxy groups -OCH3 is 1. The number of hydrogen-bond acceptors (Lipinski definition) is 2. The zero-order valence-electron chi connectivity index (χ0n) is 5.85. The molecule has 0 radical (unpaired) electrons. The topological polar surface area (TPSA) is 12.5 Å². The summed E-state index contributed by atoms with van der Waals surface area (Å²) in [6.07, 6.45) is 1.05. The van der Waals surface area contributed by atoms with Crippen LogP contribution in [0, 0.1) is 0 Å². The largest absolute Gasteiger partial charge is 0.375 e. The van der Waals surface area contributed by atoms with Gasteiger partial charge in [-0.3, -0.25) is 0 Å². The Balaban J connectivity index is 2.36. The van der Waals surface area contributed by atoms with Crippen molar-refractivity contribution in [1.29, 1.82) is 0 Å². The molecule has 0 aromatic carbocycles. The Labute approximate surface area is 60.8 Å². The molecule has 0 saturated carbocycles. The molecule has 1 saturated heterocycles. The lowest BCUT2D eigenvalue weighted by Gasteiger charge is -2.44. The normalized spacial score (nSPS) is 25.7. The van der Waals surface area contributed by atoms with Gasteiger partial charge in [0, 0.05) is 20.2 Å². The highest BCUT2D eigenvalue weighted by Gasteiger charge is 2.40. The molecule has 0 N–H and O–H groups in total. The molecule has 3 heteroatoms. The van der Waals surface area contributed by atoms with E-state index >= 15 is 0 Å². The van der Waals surface area contributed by atoms with Gasteiger partial charge in [0.2, 0.25) is 0 Å². The highest BCUT2D eigenvalue weighted by Crippen LogP contribution is 2.28. The molecule has 0 amide bonds. The molecule has 0 bridgehead atoms. The van der Waals surface area contributed by atoms with E-state index in [0.717, 1.165) is 19.5 Å². The third-order valence-electron chi connectivity index (χ3n) is 2.00. The molecule has 54 valence electrons. The van der Waals surface area contributed by atoms with Crippen LogP contribution < -0.4 is 0 Å². The molecule has 0 aromatic heterocycles. The smallest absolute Gasteiger partial charge is 0.0954 e. The zero-order valence-corrected chi connectivity index (χ0v) is 6.61. The second-order valence-electron chi connectivity index (χ2n) is 2.52. The third-order valence-corrected chi connectivity index (χ3v) is 2.24. The fraction of sp³-hybridized carbons (Fsp3) is 1.00. The zero-order chi connectivity index (χ0) is 6.91. The second kappa shape index (κ2) is 2.45. The van der Waals surface area contributed by atoms with Gasteiger partial charge in [0.05, 0.1) is 5.60 Å². The Hall–Kier alpha value is 0.210. The third kappa shape index (κ3) is 1.20. The molecular weight excluding hydrogens is 138 g/mol. The quantitative estimate of drug-likeness (QED) is 0.548. The lowest BCUT2D eigenvalue weighted by atomic mass is 9.94. The van der Waals surface area contributed by atoms with Gasteiger partial charge in [-0.05, 0) is 18.2 Å². The van der Waals surface area contributed by atoms with Crippen LogP contribution in [0.4, 0.5) is 0 Å². The minimum absolute atomic E-state index is 0.0712. The molecule has 1 aliphatic heterocycles. The fourth-order valence-electron chi connectivity index (χ4n) is 1.08. The summed E-state index contributed by atoms with van der Waals surface area (Å²) in [6.45, 7) is 3.84. The van der Waals surface area contributed by atoms with E-state index in [9.17, 15) is 0 Å². The van der Waals surface area contributed by atoms with Crippen LogP contribution in [-0.2, 0) is 4.74 Å². The molecule has 0 unspecified atom stereocenters. The maximum Gasteiger partial charge on any atom is 0.0954 e. The van der Waals surface area contributed by atoms with Crippen molar-refractivity contribution in [2.45, 2.75) is 18.9 Å². The predicted octanol–water partition coefficient (Wildman–Crippen LogP) is 1.25. The van der Waals surface area contributed by atoms with Gasteiger partial charge in [0.1, 0.15) is 0 Å². The van der Waals surface area contributed by atoms with E-state index in [0.29, 0.717) is 0 Å². The fourth-order valence-corrected chi connectivity index (χ4v) is 1.51. The SMILES string of the molecule is CCC1(OC)CN(Cl)C1. The molecule has 9 heavy (non-hydrogen) atoms. The predicted molar refractivity (Wildman–Crippen MR) is 37.5 cm³/mol. The first kappa shape index (κ1) is 7.32. The Morgan fingerprint density at radius 1 is 1.67 bits per heavy atom. The highest BCUT2D eigenvalue weighted by atomic mass is 35.5. The van der Waals surface area contributed by atoms with Crippen LogP contribution >= 0.6 is 11.8 Å². The van der Waals surface area contributed by atoms with Crippen molar-refractivity contribution < 1.29 is 4.74 Å². The average molecular weight is 150 g/mol. The summed E-state index contributed by atoms with van der Waals surface area (Å²) in [5.41, 5.74) is 0.0712. The van der Waals surface area contributed by atoms with E-state index in [1.165, 1.54) is 0 Å². The maximum absolute atomic E-state index is 5.64. The second-order valence-corrected chi connectivity index (χ2v) is 3.00. The number of halogens is 1. The molecule has 0 spiro atoms. The van der Waals surface area contributed by atoms with Gasteiger partial charge in [-0.25, -0.2) is 4.42 Å². The van der Waals surface area contributed by atoms with Gasteiger partial charge in [-0.2, -0.15) is 0 Å². The van der Waals surface area contributed by atoms with Gasteiger partial charge in [-0.15, -0.1) is 0 Å². The molecule has 2 nitrogen and oxygen atoms in total. The van der Waals surface area contributed by atoms with Crippen molar-refractivity contribution >= 4 is 11.8 Å². The van der Waals surface area contributed by atoms with Crippen LogP contribution in [0.3, 0.4) is 0 Å². The Bertz CT molecular complexity index is 95.2. The van der Waals surface area contributed by atoms with Crippen LogP contribution in [-0.4, -0.2) is 30.2 Å². The van der Waals surface area contributed by atoms with Crippen LogP contribution in [0.2, 0.25) is 0 Å². The van der Waals surface area contributed by atoms with Gasteiger partial charge < -0.3 is 4.74 Å². The first-order valence-electron chi connectivity index (χ1n) is 3.18. The average Bonchev–Trinajstić information content (AvgIpc) is 1.81. The molecule has 1 heterocycles.